The van der Waals surface area contributed by atoms with Crippen molar-refractivity contribution in [2.45, 2.75) is 19.3 Å². The summed E-state index contributed by atoms with van der Waals surface area (Å²) in [4.78, 5) is 20.1. The van der Waals surface area contributed by atoms with E-state index in [9.17, 15) is 35.9 Å². The van der Waals surface area contributed by atoms with Crippen LogP contribution >= 0.6 is 11.3 Å². The second-order valence-electron chi connectivity index (χ2n) is 3.52. The van der Waals surface area contributed by atoms with E-state index < -0.39 is 45.2 Å². The van der Waals surface area contributed by atoms with Crippen LogP contribution in [0.3, 0.4) is 0 Å². The largest absolute Gasteiger partial charge is 0.478 e. The molecule has 20 heavy (non-hydrogen) atoms. The number of carbonyl (C=O) groups is 2. The average molecular weight is 321 g/mol. The lowest BCUT2D eigenvalue weighted by molar-refractivity contribution is -0.167. The highest BCUT2D eigenvalue weighted by molar-refractivity contribution is 7.17. The Kier molecular flexibility index (Phi) is 4.04. The molecule has 0 saturated heterocycles. The van der Waals surface area contributed by atoms with Gasteiger partial charge in [-0.15, -0.1) is 11.3 Å². The Bertz CT molecular complexity index is 559. The minimum atomic E-state index is -5.34. The van der Waals surface area contributed by atoms with Crippen molar-refractivity contribution in [2.75, 3.05) is 5.32 Å². The quantitative estimate of drug-likeness (QED) is 0.822. The van der Waals surface area contributed by atoms with E-state index in [1.54, 1.807) is 0 Å². The Morgan fingerprint density at radius 2 is 1.65 bits per heavy atom. The fraction of sp³-hybridized carbons (Fsp3) is 0.333. The molecule has 0 atom stereocenters. The lowest BCUT2D eigenvalue weighted by atomic mass is 10.1. The molecule has 0 aliphatic carbocycles. The number of amides is 1. The van der Waals surface area contributed by atoms with Gasteiger partial charge in [-0.2, -0.15) is 26.3 Å². The van der Waals surface area contributed by atoms with Crippen LogP contribution in [0.25, 0.3) is 0 Å². The van der Waals surface area contributed by atoms with E-state index in [0.29, 0.717) is 0 Å². The maximum Gasteiger partial charge on any atom is 0.471 e. The molecule has 11 heteroatoms. The van der Waals surface area contributed by atoms with Crippen LogP contribution in [0.4, 0.5) is 31.3 Å². The molecule has 1 rings (SSSR count). The molecule has 0 aromatic carbocycles. The van der Waals surface area contributed by atoms with Crippen LogP contribution in [0, 0.1) is 6.92 Å². The Labute approximate surface area is 111 Å². The third-order valence-corrected chi connectivity index (χ3v) is 3.35. The number of nitrogens with one attached hydrogen (secondary N) is 1. The van der Waals surface area contributed by atoms with Crippen molar-refractivity contribution in [3.63, 3.8) is 0 Å². The van der Waals surface area contributed by atoms with Gasteiger partial charge in [0.1, 0.15) is 9.88 Å². The number of hydrogen-bond acceptors (Lipinski definition) is 3. The molecule has 0 radical (unpaired) electrons. The Balaban J connectivity index is 3.33. The monoisotopic (exact) mass is 321 g/mol. The predicted octanol–water partition coefficient (Wildman–Crippen LogP) is 3.27. The van der Waals surface area contributed by atoms with Crippen molar-refractivity contribution < 1.29 is 41.0 Å². The fourth-order valence-corrected chi connectivity index (χ4v) is 2.36. The number of thiophene rings is 1. The summed E-state index contributed by atoms with van der Waals surface area (Å²) in [6.07, 6.45) is -10.3. The van der Waals surface area contributed by atoms with Gasteiger partial charge >= 0.3 is 24.2 Å². The summed E-state index contributed by atoms with van der Waals surface area (Å²) in [5, 5.41) is 8.88. The minimum Gasteiger partial charge on any atom is -0.478 e. The van der Waals surface area contributed by atoms with Crippen LogP contribution in [-0.4, -0.2) is 23.2 Å². The van der Waals surface area contributed by atoms with Gasteiger partial charge in [0.25, 0.3) is 0 Å². The maximum atomic E-state index is 12.6. The molecule has 1 aromatic heterocycles. The molecule has 1 heterocycles. The fourth-order valence-electron chi connectivity index (χ4n) is 1.30. The van der Waals surface area contributed by atoms with Crippen LogP contribution in [0.2, 0.25) is 0 Å². The van der Waals surface area contributed by atoms with E-state index in [-0.39, 0.29) is 11.3 Å². The zero-order chi connectivity index (χ0) is 15.9. The topological polar surface area (TPSA) is 66.4 Å². The number of carbonyl (C=O) groups excluding carboxylic acids is 1. The van der Waals surface area contributed by atoms with E-state index in [0.717, 1.165) is 12.2 Å². The smallest absolute Gasteiger partial charge is 0.471 e. The first-order valence-corrected chi connectivity index (χ1v) is 5.49. The highest BCUT2D eigenvalue weighted by Crippen LogP contribution is 2.43. The van der Waals surface area contributed by atoms with Gasteiger partial charge in [0.15, 0.2) is 0 Å². The molecule has 0 unspecified atom stereocenters. The molecule has 0 saturated carbocycles. The standard InChI is InChI=1S/C9H5F6NO3S/c1-2-3(6(17)18)5(16-7(19)9(13,14)15)20-4(2)8(10,11)12/h1H3,(H,16,19)(H,17,18). The molecule has 2 N–H and O–H groups in total. The summed E-state index contributed by atoms with van der Waals surface area (Å²) in [6, 6.07) is 0. The molecule has 0 bridgehead atoms. The molecule has 0 aliphatic rings. The summed E-state index contributed by atoms with van der Waals surface area (Å²) in [5.41, 5.74) is -1.77. The summed E-state index contributed by atoms with van der Waals surface area (Å²) in [5.74, 6) is -4.42. The molecular weight excluding hydrogens is 316 g/mol. The highest BCUT2D eigenvalue weighted by Gasteiger charge is 2.42. The van der Waals surface area contributed by atoms with E-state index >= 15 is 0 Å². The van der Waals surface area contributed by atoms with Crippen molar-refractivity contribution in [3.8, 4) is 0 Å². The van der Waals surface area contributed by atoms with Crippen molar-refractivity contribution in [2.24, 2.45) is 0 Å². The van der Waals surface area contributed by atoms with Crippen LogP contribution < -0.4 is 5.32 Å². The Morgan fingerprint density at radius 3 is 2.00 bits per heavy atom. The van der Waals surface area contributed by atoms with Gasteiger partial charge in [0, 0.05) is 0 Å². The molecule has 1 amide bonds. The van der Waals surface area contributed by atoms with Crippen LogP contribution in [0.1, 0.15) is 20.8 Å². The van der Waals surface area contributed by atoms with Crippen LogP contribution in [-0.2, 0) is 11.0 Å². The number of alkyl halides is 6. The van der Waals surface area contributed by atoms with Gasteiger partial charge in [0.05, 0.1) is 5.56 Å². The molecular formula is C9H5F6NO3S. The van der Waals surface area contributed by atoms with Crippen molar-refractivity contribution >= 4 is 28.2 Å². The normalized spacial score (nSPS) is 12.3. The van der Waals surface area contributed by atoms with Gasteiger partial charge in [-0.25, -0.2) is 4.79 Å². The number of aromatic carboxylic acids is 1. The van der Waals surface area contributed by atoms with Crippen molar-refractivity contribution in [1.29, 1.82) is 0 Å². The van der Waals surface area contributed by atoms with E-state index in [1.165, 1.54) is 0 Å². The predicted molar refractivity (Wildman–Crippen MR) is 55.7 cm³/mol. The molecule has 112 valence electrons. The van der Waals surface area contributed by atoms with Gasteiger partial charge in [-0.05, 0) is 12.5 Å². The zero-order valence-corrected chi connectivity index (χ0v) is 10.3. The number of hydrogen-bond donors (Lipinski definition) is 2. The van der Waals surface area contributed by atoms with Gasteiger partial charge < -0.3 is 10.4 Å². The number of rotatable bonds is 2. The second-order valence-corrected chi connectivity index (χ2v) is 4.54. The SMILES string of the molecule is Cc1c(C(F)(F)F)sc(NC(=O)C(F)(F)F)c1C(=O)O. The van der Waals surface area contributed by atoms with Gasteiger partial charge in [0.2, 0.25) is 0 Å². The number of anilines is 1. The lowest BCUT2D eigenvalue weighted by Crippen LogP contribution is -2.30. The van der Waals surface area contributed by atoms with E-state index in [2.05, 4.69) is 0 Å². The molecule has 0 spiro atoms. The summed E-state index contributed by atoms with van der Waals surface area (Å²) in [7, 11) is 0. The number of carboxylic acids is 1. The second kappa shape index (κ2) is 4.96. The maximum absolute atomic E-state index is 12.6. The van der Waals surface area contributed by atoms with Crippen molar-refractivity contribution in [1.82, 2.24) is 0 Å². The van der Waals surface area contributed by atoms with Gasteiger partial charge in [-0.3, -0.25) is 4.79 Å². The summed E-state index contributed by atoms with van der Waals surface area (Å²) in [6.45, 7) is 0.798. The first-order valence-electron chi connectivity index (χ1n) is 4.67. The Morgan fingerprint density at radius 1 is 1.15 bits per heavy atom. The minimum absolute atomic E-state index is 0.272. The Hall–Kier alpha value is -1.78. The lowest BCUT2D eigenvalue weighted by Gasteiger charge is -2.06. The molecule has 4 nitrogen and oxygen atoms in total. The average Bonchev–Trinajstić information content (AvgIpc) is 2.53. The third kappa shape index (κ3) is 3.21. The van der Waals surface area contributed by atoms with E-state index in [1.807, 2.05) is 0 Å². The first kappa shape index (κ1) is 16.3. The van der Waals surface area contributed by atoms with Crippen molar-refractivity contribution in [3.05, 3.63) is 16.0 Å². The third-order valence-electron chi connectivity index (χ3n) is 2.10. The molecule has 1 aromatic rings. The first-order chi connectivity index (χ1) is 8.85. The zero-order valence-electron chi connectivity index (χ0n) is 9.44. The number of halogens is 6. The number of carboxylic acid groups (broad SMARTS) is 1. The van der Waals surface area contributed by atoms with Gasteiger partial charge in [-0.1, -0.05) is 0 Å². The van der Waals surface area contributed by atoms with Crippen LogP contribution in [0.15, 0.2) is 0 Å². The van der Waals surface area contributed by atoms with E-state index in [4.69, 9.17) is 5.11 Å². The molecule has 0 aliphatic heterocycles. The summed E-state index contributed by atoms with van der Waals surface area (Å²) < 4.78 is 73.8. The summed E-state index contributed by atoms with van der Waals surface area (Å²) >= 11 is -0.272. The highest BCUT2D eigenvalue weighted by atomic mass is 32.1. The molecule has 0 fully saturated rings. The van der Waals surface area contributed by atoms with Crippen LogP contribution in [0.5, 0.6) is 0 Å².